The number of rotatable bonds is 13. The van der Waals surface area contributed by atoms with Gasteiger partial charge in [0.1, 0.15) is 18.7 Å². The van der Waals surface area contributed by atoms with Crippen molar-refractivity contribution in [1.29, 1.82) is 0 Å². The Morgan fingerprint density at radius 1 is 0.911 bits per heavy atom. The molecule has 1 saturated heterocycles. The first kappa shape index (κ1) is 35.0. The van der Waals surface area contributed by atoms with Crippen LogP contribution in [0.2, 0.25) is 0 Å². The van der Waals surface area contributed by atoms with Crippen molar-refractivity contribution in [2.75, 3.05) is 6.61 Å². The molecule has 2 aromatic carbocycles. The van der Waals surface area contributed by atoms with Crippen LogP contribution >= 0.6 is 0 Å². The lowest BCUT2D eigenvalue weighted by atomic mass is 10.0. The summed E-state index contributed by atoms with van der Waals surface area (Å²) < 4.78 is 10.9. The van der Waals surface area contributed by atoms with Gasteiger partial charge in [-0.1, -0.05) is 67.1 Å². The van der Waals surface area contributed by atoms with Gasteiger partial charge in [-0.2, -0.15) is 0 Å². The van der Waals surface area contributed by atoms with Crippen molar-refractivity contribution in [2.45, 2.75) is 83.1 Å². The minimum Gasteiger partial charge on any atom is -0.478 e. The number of carbonyl (C=O) groups excluding carboxylic acids is 3. The maximum Gasteiger partial charge on any atom is 0.329 e. The molecule has 4 rings (SSSR count). The van der Waals surface area contributed by atoms with E-state index in [0.717, 1.165) is 30.4 Å². The number of esters is 2. The van der Waals surface area contributed by atoms with Crippen LogP contribution in [0.1, 0.15) is 57.1 Å². The number of benzene rings is 2. The molecule has 5 atom stereocenters. The van der Waals surface area contributed by atoms with Gasteiger partial charge in [0.25, 0.3) is 0 Å². The fourth-order valence-corrected chi connectivity index (χ4v) is 5.85. The highest BCUT2D eigenvalue weighted by Crippen LogP contribution is 2.42. The van der Waals surface area contributed by atoms with Crippen molar-refractivity contribution in [3.8, 4) is 0 Å². The molecule has 45 heavy (non-hydrogen) atoms. The minimum atomic E-state index is -1.26. The summed E-state index contributed by atoms with van der Waals surface area (Å²) in [5.41, 5.74) is 2.03. The standard InChI is InChI=1S/C30H38N2O5.C4H4O4/c1-3-36-29(34)25(18-17-22-11-6-4-7-12-22)31-21(2)28(33)32-26-16-10-15-24(26)19-27(32)30(35)37-20-23-13-8-5-9-14-23;5-3(6)1-2-4(7)8/h4-9,11-14,21,24-27,31H,3,10,15-20H2,1-2H3;1-2H,(H,5,6)(H,7,8)/b;2-1-/t21-,24-,25-,26-,27-;/m0./s1. The lowest BCUT2D eigenvalue weighted by molar-refractivity contribution is -0.156. The number of amides is 1. The molecule has 1 amide bonds. The van der Waals surface area contributed by atoms with Gasteiger partial charge >= 0.3 is 23.9 Å². The summed E-state index contributed by atoms with van der Waals surface area (Å²) in [5, 5.41) is 18.9. The van der Waals surface area contributed by atoms with E-state index in [9.17, 15) is 24.0 Å². The molecule has 0 spiro atoms. The smallest absolute Gasteiger partial charge is 0.329 e. The van der Waals surface area contributed by atoms with E-state index in [-0.39, 0.29) is 37.1 Å². The fourth-order valence-electron chi connectivity index (χ4n) is 5.85. The topological polar surface area (TPSA) is 160 Å². The monoisotopic (exact) mass is 622 g/mol. The molecular formula is C34H42N2O9. The normalized spacial score (nSPS) is 20.0. The van der Waals surface area contributed by atoms with Gasteiger partial charge in [0.15, 0.2) is 0 Å². The Kier molecular flexibility index (Phi) is 13.8. The number of aryl methyl sites for hydroxylation is 1. The van der Waals surface area contributed by atoms with Crippen molar-refractivity contribution < 1.29 is 43.7 Å². The second-order valence-corrected chi connectivity index (χ2v) is 11.1. The molecule has 0 aromatic heterocycles. The molecule has 1 heterocycles. The quantitative estimate of drug-likeness (QED) is 0.222. The molecule has 1 aliphatic heterocycles. The highest BCUT2D eigenvalue weighted by atomic mass is 16.5. The maximum atomic E-state index is 13.8. The van der Waals surface area contributed by atoms with Crippen LogP contribution < -0.4 is 5.32 Å². The highest BCUT2D eigenvalue weighted by molar-refractivity contribution is 5.90. The van der Waals surface area contributed by atoms with E-state index >= 15 is 0 Å². The van der Waals surface area contributed by atoms with E-state index < -0.39 is 30.1 Å². The van der Waals surface area contributed by atoms with Gasteiger partial charge in [-0.3, -0.25) is 14.9 Å². The van der Waals surface area contributed by atoms with E-state index in [1.807, 2.05) is 60.7 Å². The number of carboxylic acids is 2. The number of fused-ring (bicyclic) bond motifs is 1. The first-order valence-electron chi connectivity index (χ1n) is 15.2. The third-order valence-electron chi connectivity index (χ3n) is 7.91. The van der Waals surface area contributed by atoms with E-state index in [1.165, 1.54) is 0 Å². The zero-order valence-corrected chi connectivity index (χ0v) is 25.7. The molecule has 2 aromatic rings. The minimum absolute atomic E-state index is 0.0383. The summed E-state index contributed by atoms with van der Waals surface area (Å²) in [7, 11) is 0. The number of ether oxygens (including phenoxy) is 2. The third kappa shape index (κ3) is 10.9. The van der Waals surface area contributed by atoms with Gasteiger partial charge in [0.05, 0.1) is 12.6 Å². The Balaban J connectivity index is 0.000000610. The van der Waals surface area contributed by atoms with Crippen LogP contribution in [-0.2, 0) is 46.5 Å². The summed E-state index contributed by atoms with van der Waals surface area (Å²) in [6, 6.07) is 17.7. The highest BCUT2D eigenvalue weighted by Gasteiger charge is 2.50. The number of carboxylic acid groups (broad SMARTS) is 2. The average Bonchev–Trinajstić information content (AvgIpc) is 3.64. The molecular weight excluding hydrogens is 580 g/mol. The largest absolute Gasteiger partial charge is 0.478 e. The van der Waals surface area contributed by atoms with Crippen LogP contribution in [-0.4, -0.2) is 75.7 Å². The lowest BCUT2D eigenvalue weighted by Crippen LogP contribution is -2.55. The van der Waals surface area contributed by atoms with E-state index in [1.54, 1.807) is 18.7 Å². The second kappa shape index (κ2) is 17.7. The van der Waals surface area contributed by atoms with Crippen LogP contribution in [0.3, 0.4) is 0 Å². The van der Waals surface area contributed by atoms with Gasteiger partial charge in [-0.05, 0) is 63.0 Å². The Hall–Kier alpha value is -4.51. The van der Waals surface area contributed by atoms with Gasteiger partial charge < -0.3 is 24.6 Å². The maximum absolute atomic E-state index is 13.8. The van der Waals surface area contributed by atoms with Gasteiger partial charge in [-0.15, -0.1) is 0 Å². The fraction of sp³-hybridized carbons (Fsp3) is 0.441. The van der Waals surface area contributed by atoms with Crippen molar-refractivity contribution in [1.82, 2.24) is 10.2 Å². The number of nitrogens with zero attached hydrogens (tertiary/aromatic N) is 1. The number of hydrogen-bond donors (Lipinski definition) is 3. The molecule has 11 heteroatoms. The summed E-state index contributed by atoms with van der Waals surface area (Å²) in [6.45, 7) is 4.00. The van der Waals surface area contributed by atoms with E-state index in [0.29, 0.717) is 37.3 Å². The SMILES string of the molecule is CCOC(=O)[C@H](CCc1ccccc1)N[C@@H](C)C(=O)N1[C@H](C(=O)OCc2ccccc2)C[C@@H]2CCC[C@@H]21.O=C(O)/C=C\C(=O)O. The van der Waals surface area contributed by atoms with Gasteiger partial charge in [0.2, 0.25) is 5.91 Å². The molecule has 0 bridgehead atoms. The Morgan fingerprint density at radius 3 is 2.09 bits per heavy atom. The van der Waals surface area contributed by atoms with Crippen LogP contribution in [0.25, 0.3) is 0 Å². The molecule has 2 aliphatic rings. The second-order valence-electron chi connectivity index (χ2n) is 11.1. The molecule has 0 radical (unpaired) electrons. The molecule has 3 N–H and O–H groups in total. The first-order chi connectivity index (χ1) is 21.6. The van der Waals surface area contributed by atoms with Crippen molar-refractivity contribution >= 4 is 29.8 Å². The number of hydrogen-bond acceptors (Lipinski definition) is 8. The summed E-state index contributed by atoms with van der Waals surface area (Å²) in [6.07, 6.45) is 5.89. The molecule has 1 saturated carbocycles. The molecule has 1 aliphatic carbocycles. The van der Waals surface area contributed by atoms with Crippen LogP contribution in [0.15, 0.2) is 72.8 Å². The third-order valence-corrected chi connectivity index (χ3v) is 7.91. The van der Waals surface area contributed by atoms with E-state index in [2.05, 4.69) is 5.32 Å². The predicted molar refractivity (Wildman–Crippen MR) is 165 cm³/mol. The molecule has 0 unspecified atom stereocenters. The van der Waals surface area contributed by atoms with Crippen molar-refractivity contribution in [3.63, 3.8) is 0 Å². The summed E-state index contributed by atoms with van der Waals surface area (Å²) >= 11 is 0. The summed E-state index contributed by atoms with van der Waals surface area (Å²) in [4.78, 5) is 60.5. The lowest BCUT2D eigenvalue weighted by Gasteiger charge is -2.32. The van der Waals surface area contributed by atoms with E-state index in [4.69, 9.17) is 19.7 Å². The zero-order valence-electron chi connectivity index (χ0n) is 25.7. The summed E-state index contributed by atoms with van der Waals surface area (Å²) in [5.74, 6) is -3.09. The van der Waals surface area contributed by atoms with Gasteiger partial charge in [-0.25, -0.2) is 14.4 Å². The molecule has 11 nitrogen and oxygen atoms in total. The van der Waals surface area contributed by atoms with Gasteiger partial charge in [0, 0.05) is 18.2 Å². The Labute approximate surface area is 263 Å². The number of aliphatic carboxylic acids is 2. The molecule has 242 valence electrons. The average molecular weight is 623 g/mol. The number of likely N-dealkylation sites (tertiary alicyclic amines) is 1. The number of carbonyl (C=O) groups is 5. The van der Waals surface area contributed by atoms with Crippen LogP contribution in [0.5, 0.6) is 0 Å². The van der Waals surface area contributed by atoms with Crippen LogP contribution in [0, 0.1) is 5.92 Å². The Bertz CT molecular complexity index is 1300. The Morgan fingerprint density at radius 2 is 1.51 bits per heavy atom. The first-order valence-corrected chi connectivity index (χ1v) is 15.2. The zero-order chi connectivity index (χ0) is 32.8. The molecule has 2 fully saturated rings. The van der Waals surface area contributed by atoms with Crippen molar-refractivity contribution in [2.24, 2.45) is 5.92 Å². The number of nitrogens with one attached hydrogen (secondary N) is 1. The van der Waals surface area contributed by atoms with Crippen molar-refractivity contribution in [3.05, 3.63) is 83.9 Å². The predicted octanol–water partition coefficient (Wildman–Crippen LogP) is 3.75. The van der Waals surface area contributed by atoms with Crippen LogP contribution in [0.4, 0.5) is 0 Å².